The Bertz CT molecular complexity index is 403. The van der Waals surface area contributed by atoms with E-state index in [2.05, 4.69) is 6.58 Å². The molecule has 0 aromatic carbocycles. The zero-order valence-corrected chi connectivity index (χ0v) is 10.1. The third-order valence-electron chi connectivity index (χ3n) is 4.74. The Morgan fingerprint density at radius 1 is 1.65 bits per heavy atom. The first kappa shape index (κ1) is 11.0. The van der Waals surface area contributed by atoms with Crippen molar-refractivity contribution in [1.29, 1.82) is 0 Å². The SMILES string of the molecule is C=CCC1(O)C=CN2C(=O)C[C@H]3CCC[C@]32C1. The topological polar surface area (TPSA) is 40.5 Å². The van der Waals surface area contributed by atoms with Gasteiger partial charge in [-0.15, -0.1) is 6.58 Å². The van der Waals surface area contributed by atoms with Crippen molar-refractivity contribution >= 4 is 5.91 Å². The van der Waals surface area contributed by atoms with Crippen LogP contribution in [-0.2, 0) is 4.79 Å². The molecule has 1 spiro atoms. The van der Waals surface area contributed by atoms with Crippen molar-refractivity contribution in [2.45, 2.75) is 49.7 Å². The summed E-state index contributed by atoms with van der Waals surface area (Å²) >= 11 is 0. The molecule has 0 radical (unpaired) electrons. The van der Waals surface area contributed by atoms with Crippen LogP contribution >= 0.6 is 0 Å². The number of nitrogens with zero attached hydrogens (tertiary/aromatic N) is 1. The lowest BCUT2D eigenvalue weighted by Gasteiger charge is -2.45. The van der Waals surface area contributed by atoms with Crippen LogP contribution in [0.4, 0.5) is 0 Å². The molecule has 1 aliphatic carbocycles. The van der Waals surface area contributed by atoms with Crippen LogP contribution in [0.25, 0.3) is 0 Å². The summed E-state index contributed by atoms with van der Waals surface area (Å²) in [4.78, 5) is 13.9. The third-order valence-corrected chi connectivity index (χ3v) is 4.74. The van der Waals surface area contributed by atoms with Gasteiger partial charge in [0.1, 0.15) is 0 Å². The lowest BCUT2D eigenvalue weighted by atomic mass is 9.75. The summed E-state index contributed by atoms with van der Waals surface area (Å²) in [6, 6.07) is 0. The predicted molar refractivity (Wildman–Crippen MR) is 65.1 cm³/mol. The molecule has 3 nitrogen and oxygen atoms in total. The van der Waals surface area contributed by atoms with E-state index in [4.69, 9.17) is 0 Å². The minimum absolute atomic E-state index is 0.0937. The van der Waals surface area contributed by atoms with Crippen LogP contribution < -0.4 is 0 Å². The molecule has 0 aromatic heterocycles. The highest BCUT2D eigenvalue weighted by Gasteiger charge is 2.58. The molecule has 0 aromatic rings. The lowest BCUT2D eigenvalue weighted by molar-refractivity contribution is -0.130. The molecular formula is C14H19NO2. The standard InChI is InChI=1S/C14H19NO2/c1-2-5-13(17)7-8-15-12(16)9-11-4-3-6-14(11,15)10-13/h2,7-8,11,17H,1,3-6,9-10H2/t11-,13?,14+/m1/s1. The van der Waals surface area contributed by atoms with Gasteiger partial charge < -0.3 is 10.0 Å². The smallest absolute Gasteiger partial charge is 0.227 e. The molecular weight excluding hydrogens is 214 g/mol. The molecule has 1 saturated carbocycles. The van der Waals surface area contributed by atoms with Gasteiger partial charge in [-0.1, -0.05) is 12.5 Å². The molecule has 3 atom stereocenters. The van der Waals surface area contributed by atoms with Crippen molar-refractivity contribution in [2.75, 3.05) is 0 Å². The highest BCUT2D eigenvalue weighted by atomic mass is 16.3. The van der Waals surface area contributed by atoms with Crippen LogP contribution in [0.3, 0.4) is 0 Å². The minimum Gasteiger partial charge on any atom is -0.385 e. The second-order valence-corrected chi connectivity index (χ2v) is 5.75. The number of rotatable bonds is 2. The van der Waals surface area contributed by atoms with Crippen molar-refractivity contribution in [1.82, 2.24) is 4.90 Å². The van der Waals surface area contributed by atoms with Crippen molar-refractivity contribution in [3.05, 3.63) is 24.9 Å². The lowest BCUT2D eigenvalue weighted by Crippen LogP contribution is -2.52. The van der Waals surface area contributed by atoms with Crippen LogP contribution in [0.2, 0.25) is 0 Å². The quantitative estimate of drug-likeness (QED) is 0.741. The summed E-state index contributed by atoms with van der Waals surface area (Å²) in [5.41, 5.74) is -0.894. The molecule has 3 aliphatic rings. The molecule has 2 heterocycles. The van der Waals surface area contributed by atoms with Crippen LogP contribution in [0.1, 0.15) is 38.5 Å². The Balaban J connectivity index is 1.99. The fourth-order valence-electron chi connectivity index (χ4n) is 4.04. The largest absolute Gasteiger partial charge is 0.385 e. The predicted octanol–water partition coefficient (Wildman–Crippen LogP) is 1.98. The Labute approximate surface area is 102 Å². The zero-order valence-electron chi connectivity index (χ0n) is 10.1. The van der Waals surface area contributed by atoms with Gasteiger partial charge in [-0.25, -0.2) is 0 Å². The first-order valence-electron chi connectivity index (χ1n) is 6.44. The van der Waals surface area contributed by atoms with Gasteiger partial charge in [0.05, 0.1) is 11.1 Å². The normalized spacial score (nSPS) is 43.7. The van der Waals surface area contributed by atoms with E-state index in [1.165, 1.54) is 6.42 Å². The van der Waals surface area contributed by atoms with E-state index in [1.807, 2.05) is 11.1 Å². The van der Waals surface area contributed by atoms with Gasteiger partial charge in [0.2, 0.25) is 5.91 Å². The van der Waals surface area contributed by atoms with E-state index in [1.54, 1.807) is 12.2 Å². The maximum absolute atomic E-state index is 12.0. The Morgan fingerprint density at radius 3 is 3.24 bits per heavy atom. The summed E-state index contributed by atoms with van der Waals surface area (Å²) in [6.07, 6.45) is 10.6. The average Bonchev–Trinajstić information content (AvgIpc) is 2.71. The molecule has 0 bridgehead atoms. The number of amides is 1. The molecule has 1 unspecified atom stereocenters. The van der Waals surface area contributed by atoms with Gasteiger partial charge in [0.15, 0.2) is 0 Å². The molecule has 1 N–H and O–H groups in total. The van der Waals surface area contributed by atoms with E-state index in [0.717, 1.165) is 12.8 Å². The highest BCUT2D eigenvalue weighted by Crippen LogP contribution is 2.54. The molecule has 3 heteroatoms. The Kier molecular flexibility index (Phi) is 2.24. The van der Waals surface area contributed by atoms with Crippen LogP contribution in [0, 0.1) is 5.92 Å². The fraction of sp³-hybridized carbons (Fsp3) is 0.643. The Hall–Kier alpha value is -1.09. The maximum atomic E-state index is 12.0. The molecule has 1 amide bonds. The summed E-state index contributed by atoms with van der Waals surface area (Å²) in [5, 5.41) is 10.6. The molecule has 1 saturated heterocycles. The Morgan fingerprint density at radius 2 is 2.47 bits per heavy atom. The average molecular weight is 233 g/mol. The number of aliphatic hydroxyl groups is 1. The van der Waals surface area contributed by atoms with Gasteiger partial charge in [-0.3, -0.25) is 4.79 Å². The van der Waals surface area contributed by atoms with Gasteiger partial charge in [-0.2, -0.15) is 0 Å². The van der Waals surface area contributed by atoms with Crippen LogP contribution in [0.15, 0.2) is 24.9 Å². The van der Waals surface area contributed by atoms with Gasteiger partial charge in [0, 0.05) is 19.0 Å². The number of hydrogen-bond donors (Lipinski definition) is 1. The van der Waals surface area contributed by atoms with Crippen molar-refractivity contribution < 1.29 is 9.90 Å². The summed E-state index contributed by atoms with van der Waals surface area (Å²) < 4.78 is 0. The first-order chi connectivity index (χ1) is 8.10. The van der Waals surface area contributed by atoms with E-state index in [0.29, 0.717) is 25.2 Å². The van der Waals surface area contributed by atoms with E-state index < -0.39 is 5.60 Å². The van der Waals surface area contributed by atoms with Crippen molar-refractivity contribution in [3.63, 3.8) is 0 Å². The summed E-state index contributed by atoms with van der Waals surface area (Å²) in [5.74, 6) is 0.669. The molecule has 2 aliphatic heterocycles. The molecule has 3 rings (SSSR count). The zero-order chi connectivity index (χ0) is 12.1. The molecule has 17 heavy (non-hydrogen) atoms. The highest BCUT2D eigenvalue weighted by molar-refractivity contribution is 5.82. The van der Waals surface area contributed by atoms with E-state index >= 15 is 0 Å². The van der Waals surface area contributed by atoms with E-state index in [-0.39, 0.29) is 11.4 Å². The van der Waals surface area contributed by atoms with Gasteiger partial charge in [-0.05, 0) is 31.3 Å². The van der Waals surface area contributed by atoms with Crippen LogP contribution in [0.5, 0.6) is 0 Å². The molecule has 2 fully saturated rings. The molecule has 92 valence electrons. The maximum Gasteiger partial charge on any atom is 0.227 e. The summed E-state index contributed by atoms with van der Waals surface area (Å²) in [7, 11) is 0. The van der Waals surface area contributed by atoms with Crippen molar-refractivity contribution in [2.24, 2.45) is 5.92 Å². The van der Waals surface area contributed by atoms with E-state index in [9.17, 15) is 9.90 Å². The second-order valence-electron chi connectivity index (χ2n) is 5.75. The van der Waals surface area contributed by atoms with Crippen LogP contribution in [-0.4, -0.2) is 27.1 Å². The number of carbonyl (C=O) groups excluding carboxylic acids is 1. The fourth-order valence-corrected chi connectivity index (χ4v) is 4.04. The monoisotopic (exact) mass is 233 g/mol. The first-order valence-corrected chi connectivity index (χ1v) is 6.44. The van der Waals surface area contributed by atoms with Gasteiger partial charge >= 0.3 is 0 Å². The van der Waals surface area contributed by atoms with Gasteiger partial charge in [0.25, 0.3) is 0 Å². The van der Waals surface area contributed by atoms with Crippen molar-refractivity contribution in [3.8, 4) is 0 Å². The summed E-state index contributed by atoms with van der Waals surface area (Å²) in [6.45, 7) is 3.71. The minimum atomic E-state index is -0.800. The number of hydrogen-bond acceptors (Lipinski definition) is 2. The number of carbonyl (C=O) groups is 1. The second kappa shape index (κ2) is 3.45. The third kappa shape index (κ3) is 1.41.